The van der Waals surface area contributed by atoms with Crippen LogP contribution in [0.5, 0.6) is 46.0 Å². The molecular formula is C36H40O8. The third kappa shape index (κ3) is 5.64. The van der Waals surface area contributed by atoms with Gasteiger partial charge in [-0.3, -0.25) is 0 Å². The summed E-state index contributed by atoms with van der Waals surface area (Å²) in [4.78, 5) is 0. The summed E-state index contributed by atoms with van der Waals surface area (Å²) in [6.07, 6.45) is 0. The summed E-state index contributed by atoms with van der Waals surface area (Å²) in [5.41, 5.74) is 4.40. The normalized spacial score (nSPS) is 18.9. The van der Waals surface area contributed by atoms with E-state index in [1.165, 1.54) is 0 Å². The maximum Gasteiger partial charge on any atom is 0.160 e. The SMILES string of the molecule is COc1cc(OC)cc(C2C(c3ccc(OC)c(OC)c3)C(c3cc(OC)cc(OC)c3)C2c2ccc(OC)c(OC)c2)c1. The highest BCUT2D eigenvalue weighted by Gasteiger charge is 2.53. The Kier molecular flexibility index (Phi) is 9.28. The van der Waals surface area contributed by atoms with Gasteiger partial charge in [-0.15, -0.1) is 0 Å². The van der Waals surface area contributed by atoms with Gasteiger partial charge in [-0.25, -0.2) is 0 Å². The molecule has 0 amide bonds. The van der Waals surface area contributed by atoms with E-state index in [0.717, 1.165) is 45.3 Å². The zero-order chi connectivity index (χ0) is 31.4. The summed E-state index contributed by atoms with van der Waals surface area (Å²) < 4.78 is 45.6. The molecule has 1 fully saturated rings. The van der Waals surface area contributed by atoms with Crippen molar-refractivity contribution in [3.8, 4) is 46.0 Å². The van der Waals surface area contributed by atoms with Gasteiger partial charge in [0.15, 0.2) is 23.0 Å². The lowest BCUT2D eigenvalue weighted by Crippen LogP contribution is -2.40. The molecule has 0 bridgehead atoms. The molecule has 0 aliphatic heterocycles. The average Bonchev–Trinajstić information content (AvgIpc) is 3.07. The highest BCUT2D eigenvalue weighted by Crippen LogP contribution is 2.68. The number of ether oxygens (including phenoxy) is 8. The van der Waals surface area contributed by atoms with Crippen LogP contribution in [-0.2, 0) is 0 Å². The molecule has 0 heterocycles. The van der Waals surface area contributed by atoms with Gasteiger partial charge in [0.1, 0.15) is 23.0 Å². The summed E-state index contributed by atoms with van der Waals surface area (Å²) in [7, 11) is 13.3. The van der Waals surface area contributed by atoms with Gasteiger partial charge in [0.2, 0.25) is 0 Å². The molecule has 4 aromatic carbocycles. The van der Waals surface area contributed by atoms with Gasteiger partial charge in [-0.05, 0) is 94.5 Å². The molecule has 0 aromatic heterocycles. The Bertz CT molecular complexity index is 1430. The molecule has 8 nitrogen and oxygen atoms in total. The molecule has 8 heteroatoms. The maximum absolute atomic E-state index is 5.76. The molecule has 5 rings (SSSR count). The van der Waals surface area contributed by atoms with Crippen LogP contribution in [-0.4, -0.2) is 56.9 Å². The lowest BCUT2D eigenvalue weighted by Gasteiger charge is -2.54. The van der Waals surface area contributed by atoms with Crippen LogP contribution in [0.1, 0.15) is 45.9 Å². The van der Waals surface area contributed by atoms with E-state index in [4.69, 9.17) is 37.9 Å². The number of benzene rings is 4. The summed E-state index contributed by atoms with van der Waals surface area (Å²) in [6.45, 7) is 0. The van der Waals surface area contributed by atoms with Gasteiger partial charge in [-0.2, -0.15) is 0 Å². The van der Waals surface area contributed by atoms with Gasteiger partial charge in [0.05, 0.1) is 56.9 Å². The fourth-order valence-electron chi connectivity index (χ4n) is 6.57. The minimum Gasteiger partial charge on any atom is -0.497 e. The van der Waals surface area contributed by atoms with Gasteiger partial charge < -0.3 is 37.9 Å². The fraction of sp³-hybridized carbons (Fsp3) is 0.333. The van der Waals surface area contributed by atoms with Crippen molar-refractivity contribution < 1.29 is 37.9 Å². The van der Waals surface area contributed by atoms with E-state index in [0.29, 0.717) is 23.0 Å². The summed E-state index contributed by atoms with van der Waals surface area (Å²) >= 11 is 0. The second-order valence-corrected chi connectivity index (χ2v) is 10.6. The third-order valence-corrected chi connectivity index (χ3v) is 8.65. The zero-order valence-electron chi connectivity index (χ0n) is 26.5. The Morgan fingerprint density at radius 2 is 0.591 bits per heavy atom. The standard InChI is InChI=1S/C36H40O8/c1-37-25-13-23(14-26(19-25)38-2)35-33(21-9-11-29(41-5)31(17-21)43-7)36(24-15-27(39-3)20-28(16-24)40-4)34(35)22-10-12-30(42-6)32(18-22)44-8/h9-20,33-36H,1-8H3. The largest absolute Gasteiger partial charge is 0.497 e. The van der Waals surface area contributed by atoms with Crippen LogP contribution in [0.4, 0.5) is 0 Å². The fourth-order valence-corrected chi connectivity index (χ4v) is 6.57. The molecule has 4 aromatic rings. The first-order valence-electron chi connectivity index (χ1n) is 14.3. The molecule has 0 atom stereocenters. The highest BCUT2D eigenvalue weighted by molar-refractivity contribution is 5.56. The van der Waals surface area contributed by atoms with Crippen LogP contribution in [0.15, 0.2) is 72.8 Å². The topological polar surface area (TPSA) is 73.8 Å². The number of hydrogen-bond donors (Lipinski definition) is 0. The predicted octanol–water partition coefficient (Wildman–Crippen LogP) is 7.20. The first-order valence-corrected chi connectivity index (χ1v) is 14.3. The molecule has 1 saturated carbocycles. The molecule has 0 spiro atoms. The third-order valence-electron chi connectivity index (χ3n) is 8.65. The lowest BCUT2D eigenvalue weighted by molar-refractivity contribution is 0.225. The van der Waals surface area contributed by atoms with Crippen molar-refractivity contribution >= 4 is 0 Å². The summed E-state index contributed by atoms with van der Waals surface area (Å²) in [6, 6.07) is 24.5. The Hall–Kier alpha value is -4.72. The molecular weight excluding hydrogens is 560 g/mol. The van der Waals surface area contributed by atoms with Gasteiger partial charge in [-0.1, -0.05) is 12.1 Å². The molecule has 1 aliphatic rings. The van der Waals surface area contributed by atoms with Crippen molar-refractivity contribution in [2.45, 2.75) is 23.7 Å². The lowest BCUT2D eigenvalue weighted by atomic mass is 9.49. The minimum atomic E-state index is 0.0115. The number of hydrogen-bond acceptors (Lipinski definition) is 8. The van der Waals surface area contributed by atoms with Crippen LogP contribution in [0.3, 0.4) is 0 Å². The van der Waals surface area contributed by atoms with Gasteiger partial charge in [0, 0.05) is 12.1 Å². The Balaban J connectivity index is 1.79. The maximum atomic E-state index is 5.76. The van der Waals surface area contributed by atoms with Crippen LogP contribution >= 0.6 is 0 Å². The smallest absolute Gasteiger partial charge is 0.160 e. The quantitative estimate of drug-likeness (QED) is 0.169. The first-order chi connectivity index (χ1) is 21.4. The number of methoxy groups -OCH3 is 8. The van der Waals surface area contributed by atoms with Crippen molar-refractivity contribution in [2.75, 3.05) is 56.9 Å². The van der Waals surface area contributed by atoms with Crippen molar-refractivity contribution in [2.24, 2.45) is 0 Å². The second kappa shape index (κ2) is 13.3. The number of rotatable bonds is 12. The molecule has 0 radical (unpaired) electrons. The summed E-state index contributed by atoms with van der Waals surface area (Å²) in [5, 5.41) is 0. The Morgan fingerprint density at radius 1 is 0.295 bits per heavy atom. The van der Waals surface area contributed by atoms with Crippen LogP contribution in [0.25, 0.3) is 0 Å². The molecule has 232 valence electrons. The Labute approximate surface area is 259 Å². The van der Waals surface area contributed by atoms with E-state index in [-0.39, 0.29) is 23.7 Å². The highest BCUT2D eigenvalue weighted by atomic mass is 16.5. The first kappa shape index (κ1) is 30.7. The Morgan fingerprint density at radius 3 is 0.864 bits per heavy atom. The molecule has 44 heavy (non-hydrogen) atoms. The van der Waals surface area contributed by atoms with E-state index < -0.39 is 0 Å². The van der Waals surface area contributed by atoms with Gasteiger partial charge in [0.25, 0.3) is 0 Å². The van der Waals surface area contributed by atoms with E-state index in [1.807, 2.05) is 24.3 Å². The zero-order valence-corrected chi connectivity index (χ0v) is 26.5. The van der Waals surface area contributed by atoms with Crippen molar-refractivity contribution in [1.29, 1.82) is 0 Å². The summed E-state index contributed by atoms with van der Waals surface area (Å²) in [5.74, 6) is 5.64. The van der Waals surface area contributed by atoms with Crippen LogP contribution < -0.4 is 37.9 Å². The van der Waals surface area contributed by atoms with E-state index in [2.05, 4.69) is 48.5 Å². The van der Waals surface area contributed by atoms with Gasteiger partial charge >= 0.3 is 0 Å². The minimum absolute atomic E-state index is 0.0115. The van der Waals surface area contributed by atoms with Crippen molar-refractivity contribution in [3.63, 3.8) is 0 Å². The molecule has 0 N–H and O–H groups in total. The monoisotopic (exact) mass is 600 g/mol. The van der Waals surface area contributed by atoms with Crippen molar-refractivity contribution in [1.82, 2.24) is 0 Å². The van der Waals surface area contributed by atoms with E-state index in [9.17, 15) is 0 Å². The van der Waals surface area contributed by atoms with E-state index in [1.54, 1.807) is 56.9 Å². The molecule has 0 unspecified atom stereocenters. The predicted molar refractivity (Wildman–Crippen MR) is 169 cm³/mol. The molecule has 0 saturated heterocycles. The second-order valence-electron chi connectivity index (χ2n) is 10.6. The van der Waals surface area contributed by atoms with E-state index >= 15 is 0 Å². The van der Waals surface area contributed by atoms with Crippen LogP contribution in [0.2, 0.25) is 0 Å². The van der Waals surface area contributed by atoms with Crippen molar-refractivity contribution in [3.05, 3.63) is 95.1 Å². The molecule has 1 aliphatic carbocycles. The van der Waals surface area contributed by atoms with Crippen LogP contribution in [0, 0.1) is 0 Å². The average molecular weight is 601 g/mol.